The minimum Gasteiger partial charge on any atom is -0.192 e. The lowest BCUT2D eigenvalue weighted by Crippen LogP contribution is -1.72. The zero-order valence-electron chi connectivity index (χ0n) is 9.98. The first-order valence-electron chi connectivity index (χ1n) is 4.86. The van der Waals surface area contributed by atoms with Gasteiger partial charge in [-0.15, -0.1) is 0 Å². The van der Waals surface area contributed by atoms with Gasteiger partial charge < -0.3 is 0 Å². The van der Waals surface area contributed by atoms with E-state index in [1.807, 2.05) is 13.0 Å². The predicted octanol–water partition coefficient (Wildman–Crippen LogP) is 4.23. The molecule has 0 aliphatic rings. The fourth-order valence-corrected chi connectivity index (χ4v) is 0.668. The fraction of sp³-hybridized carbons (Fsp3) is 0.0714. The molecule has 0 aliphatic carbocycles. The topological polar surface area (TPSA) is 48.5 Å². The highest BCUT2D eigenvalue weighted by Gasteiger charge is 1.87. The molecule has 0 atom stereocenters. The van der Waals surface area contributed by atoms with Crippen LogP contribution >= 0.6 is 0 Å². The lowest BCUT2D eigenvalue weighted by atomic mass is 10.3. The van der Waals surface area contributed by atoms with Crippen LogP contribution in [0.3, 0.4) is 0 Å². The summed E-state index contributed by atoms with van der Waals surface area (Å²) in [6.45, 7) is 16.4. The molecule has 86 valence electrons. The van der Waals surface area contributed by atoms with Crippen molar-refractivity contribution in [3.8, 4) is 6.07 Å². The van der Waals surface area contributed by atoms with E-state index in [1.54, 1.807) is 18.2 Å². The Morgan fingerprint density at radius 3 is 1.82 bits per heavy atom. The first kappa shape index (κ1) is 14.5. The van der Waals surface area contributed by atoms with Gasteiger partial charge in [-0.2, -0.15) is 15.5 Å². The zero-order chi connectivity index (χ0) is 13.3. The van der Waals surface area contributed by atoms with E-state index in [9.17, 15) is 0 Å². The van der Waals surface area contributed by atoms with Gasteiger partial charge in [0.05, 0.1) is 17.5 Å². The van der Waals surface area contributed by atoms with E-state index in [0.29, 0.717) is 17.0 Å². The number of nitrogens with zero attached hydrogens (tertiary/aromatic N) is 3. The second-order valence-electron chi connectivity index (χ2n) is 3.33. The Bertz CT molecular complexity index is 468. The van der Waals surface area contributed by atoms with Crippen molar-refractivity contribution in [2.75, 3.05) is 0 Å². The molecule has 0 spiro atoms. The van der Waals surface area contributed by atoms with Crippen LogP contribution < -0.4 is 0 Å². The molecule has 0 aromatic carbocycles. The molecular weight excluding hydrogens is 210 g/mol. The molecule has 0 aromatic rings. The van der Waals surface area contributed by atoms with Crippen LogP contribution in [-0.4, -0.2) is 0 Å². The predicted molar refractivity (Wildman–Crippen MR) is 71.0 cm³/mol. The summed E-state index contributed by atoms with van der Waals surface area (Å²) in [4.78, 5) is 0. The summed E-state index contributed by atoms with van der Waals surface area (Å²) in [7, 11) is 0. The van der Waals surface area contributed by atoms with Crippen LogP contribution in [0.15, 0.2) is 83.4 Å². The van der Waals surface area contributed by atoms with Gasteiger partial charge in [0.25, 0.3) is 0 Å². The third-order valence-corrected chi connectivity index (χ3v) is 1.49. The van der Waals surface area contributed by atoms with E-state index < -0.39 is 0 Å². The van der Waals surface area contributed by atoms with Gasteiger partial charge in [0, 0.05) is 5.57 Å². The molecule has 17 heavy (non-hydrogen) atoms. The maximum Gasteiger partial charge on any atom is 0.0985 e. The SMILES string of the molecule is C=C(C)/C=C\C(=C)N=NC(=C)/C=C\C(=C)C#N. The molecule has 3 heteroatoms. The molecule has 0 fully saturated rings. The van der Waals surface area contributed by atoms with Gasteiger partial charge in [-0.05, 0) is 25.2 Å². The summed E-state index contributed by atoms with van der Waals surface area (Å²) >= 11 is 0. The van der Waals surface area contributed by atoms with Gasteiger partial charge in [0.15, 0.2) is 0 Å². The highest BCUT2D eigenvalue weighted by molar-refractivity contribution is 5.33. The van der Waals surface area contributed by atoms with Gasteiger partial charge in [-0.3, -0.25) is 0 Å². The maximum absolute atomic E-state index is 8.47. The normalized spacial score (nSPS) is 10.8. The summed E-state index contributed by atoms with van der Waals surface area (Å²) < 4.78 is 0. The van der Waals surface area contributed by atoms with Crippen molar-refractivity contribution < 1.29 is 0 Å². The number of hydrogen-bond donors (Lipinski definition) is 0. The monoisotopic (exact) mass is 225 g/mol. The second kappa shape index (κ2) is 7.77. The van der Waals surface area contributed by atoms with E-state index in [2.05, 4.69) is 36.5 Å². The lowest BCUT2D eigenvalue weighted by molar-refractivity contribution is 1.13. The molecule has 0 bridgehead atoms. The molecule has 0 saturated carbocycles. The van der Waals surface area contributed by atoms with Crippen LogP contribution in [0.25, 0.3) is 0 Å². The third kappa shape index (κ3) is 8.52. The minimum atomic E-state index is 0.336. The van der Waals surface area contributed by atoms with Crippen molar-refractivity contribution in [2.45, 2.75) is 6.92 Å². The molecule has 0 aromatic heterocycles. The van der Waals surface area contributed by atoms with Crippen molar-refractivity contribution in [1.82, 2.24) is 0 Å². The standard InChI is InChI=1S/C14H15N3/c1-11(2)6-8-13(4)16-17-14(5)9-7-12(3)10-15/h6-9H,1,3-5H2,2H3/b8-6-,9-7-,17-16?. The third-order valence-electron chi connectivity index (χ3n) is 1.49. The maximum atomic E-state index is 8.47. The van der Waals surface area contributed by atoms with Crippen LogP contribution in [0, 0.1) is 11.3 Å². The van der Waals surface area contributed by atoms with Gasteiger partial charge in [-0.25, -0.2) is 0 Å². The summed E-state index contributed by atoms with van der Waals surface area (Å²) in [6.07, 6.45) is 6.58. The highest BCUT2D eigenvalue weighted by Crippen LogP contribution is 2.04. The Balaban J connectivity index is 4.36. The van der Waals surface area contributed by atoms with Crippen molar-refractivity contribution in [2.24, 2.45) is 10.2 Å². The van der Waals surface area contributed by atoms with Gasteiger partial charge in [0.1, 0.15) is 0 Å². The Morgan fingerprint density at radius 2 is 1.41 bits per heavy atom. The van der Waals surface area contributed by atoms with Crippen LogP contribution in [0.1, 0.15) is 6.92 Å². The molecule has 0 aliphatic heterocycles. The minimum absolute atomic E-state index is 0.336. The Kier molecular flexibility index (Phi) is 6.64. The van der Waals surface area contributed by atoms with Crippen molar-refractivity contribution in [1.29, 1.82) is 5.26 Å². The summed E-state index contributed by atoms with van der Waals surface area (Å²) in [5.74, 6) is 0. The molecule has 0 rings (SSSR count). The van der Waals surface area contributed by atoms with Crippen molar-refractivity contribution in [3.05, 3.63) is 73.2 Å². The Labute approximate surface area is 102 Å². The van der Waals surface area contributed by atoms with Gasteiger partial charge in [-0.1, -0.05) is 38.0 Å². The number of allylic oxidation sites excluding steroid dienone is 6. The molecule has 0 amide bonds. The molecule has 0 unspecified atom stereocenters. The van der Waals surface area contributed by atoms with Crippen LogP contribution in [0.4, 0.5) is 0 Å². The largest absolute Gasteiger partial charge is 0.192 e. The first-order valence-corrected chi connectivity index (χ1v) is 4.86. The van der Waals surface area contributed by atoms with Crippen molar-refractivity contribution >= 4 is 0 Å². The van der Waals surface area contributed by atoms with E-state index in [-0.39, 0.29) is 0 Å². The summed E-state index contributed by atoms with van der Waals surface area (Å²) in [6, 6.07) is 1.88. The first-order chi connectivity index (χ1) is 7.95. The molecular formula is C14H15N3. The van der Waals surface area contributed by atoms with Crippen LogP contribution in [-0.2, 0) is 0 Å². The van der Waals surface area contributed by atoms with E-state index in [4.69, 9.17) is 5.26 Å². The number of rotatable bonds is 6. The number of hydrogen-bond acceptors (Lipinski definition) is 3. The average molecular weight is 225 g/mol. The molecule has 0 heterocycles. The smallest absolute Gasteiger partial charge is 0.0985 e. The van der Waals surface area contributed by atoms with Gasteiger partial charge in [0.2, 0.25) is 0 Å². The summed E-state index contributed by atoms with van der Waals surface area (Å²) in [5.41, 5.74) is 2.17. The molecule has 0 saturated heterocycles. The average Bonchev–Trinajstić information content (AvgIpc) is 2.30. The number of azo groups is 1. The lowest BCUT2D eigenvalue weighted by Gasteiger charge is -1.90. The second-order valence-corrected chi connectivity index (χ2v) is 3.33. The molecule has 3 nitrogen and oxygen atoms in total. The fourth-order valence-electron chi connectivity index (χ4n) is 0.668. The number of nitriles is 1. The Morgan fingerprint density at radius 1 is 0.941 bits per heavy atom. The molecule has 0 radical (unpaired) electrons. The zero-order valence-corrected chi connectivity index (χ0v) is 9.98. The molecule has 0 N–H and O–H groups in total. The van der Waals surface area contributed by atoms with Crippen molar-refractivity contribution in [3.63, 3.8) is 0 Å². The van der Waals surface area contributed by atoms with E-state index in [0.717, 1.165) is 5.57 Å². The van der Waals surface area contributed by atoms with Crippen LogP contribution in [0.2, 0.25) is 0 Å². The van der Waals surface area contributed by atoms with E-state index >= 15 is 0 Å². The Hall–Kier alpha value is -2.47. The van der Waals surface area contributed by atoms with Crippen LogP contribution in [0.5, 0.6) is 0 Å². The van der Waals surface area contributed by atoms with Gasteiger partial charge >= 0.3 is 0 Å². The highest BCUT2D eigenvalue weighted by atomic mass is 15.1. The summed E-state index contributed by atoms with van der Waals surface area (Å²) in [5, 5.41) is 16.1. The van der Waals surface area contributed by atoms with E-state index in [1.165, 1.54) is 6.08 Å². The quantitative estimate of drug-likeness (QED) is 0.379.